The summed E-state index contributed by atoms with van der Waals surface area (Å²) < 4.78 is 4.85. The lowest BCUT2D eigenvalue weighted by atomic mass is 9.96. The molecule has 1 aliphatic heterocycles. The van der Waals surface area contributed by atoms with E-state index in [4.69, 9.17) is 4.74 Å². The van der Waals surface area contributed by atoms with E-state index in [0.29, 0.717) is 6.61 Å². The van der Waals surface area contributed by atoms with Crippen LogP contribution in [0.25, 0.3) is 0 Å². The van der Waals surface area contributed by atoms with Crippen LogP contribution < -0.4 is 5.32 Å². The second-order valence-electron chi connectivity index (χ2n) is 3.98. The molecule has 1 aliphatic rings. The van der Waals surface area contributed by atoms with E-state index in [9.17, 15) is 4.79 Å². The summed E-state index contributed by atoms with van der Waals surface area (Å²) in [5.74, 6) is 0. The highest BCUT2D eigenvalue weighted by Gasteiger charge is 2.21. The van der Waals surface area contributed by atoms with E-state index in [1.807, 2.05) is 0 Å². The summed E-state index contributed by atoms with van der Waals surface area (Å²) in [5.41, 5.74) is 3.63. The number of nitrogens with one attached hydrogen (secondary N) is 1. The standard InChI is InChI=1S/C12H15NO2.ClH/c1-8-3-4-9(2)10(7-8)11-5-6-15-12(14)13-11;/h3-4,7,11H,5-6H2,1-2H3,(H,13,14);1H/t11-;/m0./s1. The molecule has 0 spiro atoms. The molecule has 0 unspecified atom stereocenters. The van der Waals surface area contributed by atoms with E-state index in [2.05, 4.69) is 37.4 Å². The van der Waals surface area contributed by atoms with Crippen molar-refractivity contribution < 1.29 is 9.53 Å². The van der Waals surface area contributed by atoms with Gasteiger partial charge < -0.3 is 10.1 Å². The number of hydrogen-bond acceptors (Lipinski definition) is 2. The Labute approximate surface area is 102 Å². The number of cyclic esters (lactones) is 1. The maximum Gasteiger partial charge on any atom is 0.407 e. The molecule has 88 valence electrons. The van der Waals surface area contributed by atoms with Crippen molar-refractivity contribution in [2.45, 2.75) is 26.3 Å². The number of rotatable bonds is 1. The number of benzene rings is 1. The minimum atomic E-state index is -0.313. The quantitative estimate of drug-likeness (QED) is 0.821. The Morgan fingerprint density at radius 3 is 2.81 bits per heavy atom. The summed E-state index contributed by atoms with van der Waals surface area (Å²) in [6.07, 6.45) is 0.530. The lowest BCUT2D eigenvalue weighted by molar-refractivity contribution is 0.115. The van der Waals surface area contributed by atoms with Crippen LogP contribution in [-0.4, -0.2) is 12.7 Å². The van der Waals surface area contributed by atoms with E-state index >= 15 is 0 Å². The highest BCUT2D eigenvalue weighted by molar-refractivity contribution is 5.85. The zero-order valence-electron chi connectivity index (χ0n) is 9.45. The fourth-order valence-electron chi connectivity index (χ4n) is 1.89. The van der Waals surface area contributed by atoms with Crippen LogP contribution in [0, 0.1) is 13.8 Å². The average Bonchev–Trinajstić information content (AvgIpc) is 2.22. The molecule has 1 fully saturated rings. The van der Waals surface area contributed by atoms with E-state index in [0.717, 1.165) is 6.42 Å². The van der Waals surface area contributed by atoms with Gasteiger partial charge in [0.05, 0.1) is 12.6 Å². The molecule has 0 radical (unpaired) electrons. The van der Waals surface area contributed by atoms with E-state index < -0.39 is 0 Å². The number of alkyl carbamates (subject to hydrolysis) is 1. The van der Waals surface area contributed by atoms with Crippen LogP contribution in [-0.2, 0) is 4.74 Å². The number of carbonyl (C=O) groups is 1. The van der Waals surface area contributed by atoms with Gasteiger partial charge >= 0.3 is 6.09 Å². The van der Waals surface area contributed by atoms with Crippen LogP contribution in [0.4, 0.5) is 4.79 Å². The maximum absolute atomic E-state index is 11.1. The first-order valence-corrected chi connectivity index (χ1v) is 5.17. The van der Waals surface area contributed by atoms with Crippen LogP contribution in [0.2, 0.25) is 0 Å². The number of aryl methyl sites for hydroxylation is 2. The Kier molecular flexibility index (Phi) is 4.19. The van der Waals surface area contributed by atoms with Gasteiger partial charge in [0.25, 0.3) is 0 Å². The summed E-state index contributed by atoms with van der Waals surface area (Å²) in [6.45, 7) is 4.63. The predicted octanol–water partition coefficient (Wildman–Crippen LogP) is 2.90. The smallest absolute Gasteiger partial charge is 0.407 e. The van der Waals surface area contributed by atoms with Crippen molar-refractivity contribution in [1.29, 1.82) is 0 Å². The molecule has 0 bridgehead atoms. The van der Waals surface area contributed by atoms with Gasteiger partial charge in [-0.25, -0.2) is 4.79 Å². The van der Waals surface area contributed by atoms with Gasteiger partial charge in [-0.2, -0.15) is 0 Å². The lowest BCUT2D eigenvalue weighted by Gasteiger charge is -2.25. The molecule has 2 rings (SSSR count). The normalized spacial score (nSPS) is 19.4. The predicted molar refractivity (Wildman–Crippen MR) is 65.0 cm³/mol. The van der Waals surface area contributed by atoms with Gasteiger partial charge in [-0.3, -0.25) is 0 Å². The number of ether oxygens (including phenoxy) is 1. The topological polar surface area (TPSA) is 38.3 Å². The zero-order chi connectivity index (χ0) is 10.8. The molecule has 1 aromatic carbocycles. The molecule has 0 aliphatic carbocycles. The number of halogens is 1. The molecule has 0 aromatic heterocycles. The number of amides is 1. The molecule has 1 N–H and O–H groups in total. The number of hydrogen-bond donors (Lipinski definition) is 1. The Balaban J connectivity index is 0.00000128. The third-order valence-corrected chi connectivity index (χ3v) is 2.74. The van der Waals surface area contributed by atoms with Crippen molar-refractivity contribution >= 4 is 18.5 Å². The summed E-state index contributed by atoms with van der Waals surface area (Å²) >= 11 is 0. The third kappa shape index (κ3) is 2.67. The molecule has 1 heterocycles. The van der Waals surface area contributed by atoms with Gasteiger partial charge in [0, 0.05) is 6.42 Å². The van der Waals surface area contributed by atoms with Crippen LogP contribution in [0.5, 0.6) is 0 Å². The Hall–Kier alpha value is -1.22. The lowest BCUT2D eigenvalue weighted by Crippen LogP contribution is -2.35. The fraction of sp³-hybridized carbons (Fsp3) is 0.417. The minimum absolute atomic E-state index is 0. The Morgan fingerprint density at radius 1 is 1.38 bits per heavy atom. The van der Waals surface area contributed by atoms with Gasteiger partial charge in [0.2, 0.25) is 0 Å². The SMILES string of the molecule is Cc1ccc(C)c([C@@H]2CCOC(=O)N2)c1.Cl. The van der Waals surface area contributed by atoms with Crippen LogP contribution >= 0.6 is 12.4 Å². The van der Waals surface area contributed by atoms with Gasteiger partial charge in [0.15, 0.2) is 0 Å². The number of carbonyl (C=O) groups excluding carboxylic acids is 1. The summed E-state index contributed by atoms with van der Waals surface area (Å²) in [5, 5.41) is 2.84. The maximum atomic E-state index is 11.1. The summed E-state index contributed by atoms with van der Waals surface area (Å²) in [7, 11) is 0. The van der Waals surface area contributed by atoms with Crippen molar-refractivity contribution in [3.05, 3.63) is 34.9 Å². The van der Waals surface area contributed by atoms with E-state index in [-0.39, 0.29) is 24.5 Å². The van der Waals surface area contributed by atoms with E-state index in [1.165, 1.54) is 16.7 Å². The molecular formula is C12H16ClNO2. The fourth-order valence-corrected chi connectivity index (χ4v) is 1.89. The van der Waals surface area contributed by atoms with Crippen molar-refractivity contribution in [2.24, 2.45) is 0 Å². The van der Waals surface area contributed by atoms with Gasteiger partial charge in [-0.15, -0.1) is 12.4 Å². The highest BCUT2D eigenvalue weighted by atomic mass is 35.5. The van der Waals surface area contributed by atoms with Gasteiger partial charge in [0.1, 0.15) is 0 Å². The summed E-state index contributed by atoms with van der Waals surface area (Å²) in [4.78, 5) is 11.1. The van der Waals surface area contributed by atoms with Crippen molar-refractivity contribution in [2.75, 3.05) is 6.61 Å². The molecule has 3 nitrogen and oxygen atoms in total. The molecule has 1 atom stereocenters. The van der Waals surface area contributed by atoms with Crippen LogP contribution in [0.15, 0.2) is 18.2 Å². The molecule has 16 heavy (non-hydrogen) atoms. The monoisotopic (exact) mass is 241 g/mol. The first kappa shape index (κ1) is 12.8. The van der Waals surface area contributed by atoms with Crippen molar-refractivity contribution in [1.82, 2.24) is 5.32 Å². The molecular weight excluding hydrogens is 226 g/mol. The van der Waals surface area contributed by atoms with Crippen LogP contribution in [0.3, 0.4) is 0 Å². The van der Waals surface area contributed by atoms with Crippen molar-refractivity contribution in [3.8, 4) is 0 Å². The first-order valence-electron chi connectivity index (χ1n) is 5.17. The van der Waals surface area contributed by atoms with Crippen molar-refractivity contribution in [3.63, 3.8) is 0 Å². The molecule has 4 heteroatoms. The summed E-state index contributed by atoms with van der Waals surface area (Å²) in [6, 6.07) is 6.41. The molecule has 0 saturated carbocycles. The molecule has 1 saturated heterocycles. The second kappa shape index (κ2) is 5.21. The van der Waals surface area contributed by atoms with E-state index in [1.54, 1.807) is 0 Å². The third-order valence-electron chi connectivity index (χ3n) is 2.74. The largest absolute Gasteiger partial charge is 0.449 e. The molecule has 1 aromatic rings. The van der Waals surface area contributed by atoms with Gasteiger partial charge in [-0.05, 0) is 25.0 Å². The zero-order valence-corrected chi connectivity index (χ0v) is 10.3. The molecule has 1 amide bonds. The van der Waals surface area contributed by atoms with Gasteiger partial charge in [-0.1, -0.05) is 23.8 Å². The first-order chi connectivity index (χ1) is 7.16. The Bertz CT molecular complexity index is 393. The highest BCUT2D eigenvalue weighted by Crippen LogP contribution is 2.24. The second-order valence-corrected chi connectivity index (χ2v) is 3.98. The minimum Gasteiger partial charge on any atom is -0.449 e. The average molecular weight is 242 g/mol. The van der Waals surface area contributed by atoms with Crippen LogP contribution in [0.1, 0.15) is 29.2 Å². The Morgan fingerprint density at radius 2 is 2.12 bits per heavy atom.